The van der Waals surface area contributed by atoms with E-state index in [2.05, 4.69) is 15.9 Å². The highest BCUT2D eigenvalue weighted by atomic mass is 79.9. The Kier molecular flexibility index (Phi) is 4.63. The molecular formula is C14H11BrF3NO3S. The van der Waals surface area contributed by atoms with E-state index in [-0.39, 0.29) is 9.37 Å². The minimum Gasteiger partial charge on any atom is -0.505 e. The fraction of sp³-hybridized carbons (Fsp3) is 0.143. The number of phenolic OH excluding ortho intramolecular Hbond substituents is 1. The Balaban J connectivity index is 2.47. The molecular weight excluding hydrogens is 399 g/mol. The number of halogens is 4. The monoisotopic (exact) mass is 409 g/mol. The second kappa shape index (κ2) is 6.04. The molecule has 2 aromatic carbocycles. The van der Waals surface area contributed by atoms with Crippen molar-refractivity contribution in [2.24, 2.45) is 0 Å². The van der Waals surface area contributed by atoms with E-state index in [1.807, 2.05) is 4.72 Å². The summed E-state index contributed by atoms with van der Waals surface area (Å²) in [6.45, 7) is 1.76. The summed E-state index contributed by atoms with van der Waals surface area (Å²) in [6.07, 6.45) is -4.68. The molecule has 23 heavy (non-hydrogen) atoms. The topological polar surface area (TPSA) is 66.4 Å². The summed E-state index contributed by atoms with van der Waals surface area (Å²) >= 11 is 2.78. The minimum atomic E-state index is -4.68. The Morgan fingerprint density at radius 3 is 2.22 bits per heavy atom. The zero-order valence-electron chi connectivity index (χ0n) is 11.6. The highest BCUT2D eigenvalue weighted by molar-refractivity contribution is 9.10. The molecule has 0 atom stereocenters. The number of hydrogen-bond donors (Lipinski definition) is 2. The molecule has 0 aromatic heterocycles. The van der Waals surface area contributed by atoms with E-state index in [0.29, 0.717) is 12.1 Å². The molecule has 0 aliphatic rings. The van der Waals surface area contributed by atoms with E-state index < -0.39 is 33.2 Å². The predicted octanol–water partition coefficient (Wildman–Crippen LogP) is 4.28. The van der Waals surface area contributed by atoms with Crippen LogP contribution in [0.3, 0.4) is 0 Å². The van der Waals surface area contributed by atoms with Gasteiger partial charge >= 0.3 is 6.18 Å². The van der Waals surface area contributed by atoms with Crippen LogP contribution in [0.1, 0.15) is 11.1 Å². The summed E-state index contributed by atoms with van der Waals surface area (Å²) in [5.74, 6) is -0.631. The molecule has 2 N–H and O–H groups in total. The normalized spacial score (nSPS) is 12.2. The van der Waals surface area contributed by atoms with Crippen molar-refractivity contribution in [2.75, 3.05) is 4.72 Å². The van der Waals surface area contributed by atoms with E-state index in [4.69, 9.17) is 0 Å². The molecule has 2 rings (SSSR count). The molecule has 124 valence electrons. The number of benzene rings is 2. The Bertz CT molecular complexity index is 834. The number of aryl methyl sites for hydroxylation is 1. The molecule has 0 unspecified atom stereocenters. The third kappa shape index (κ3) is 3.97. The van der Waals surface area contributed by atoms with Gasteiger partial charge in [-0.25, -0.2) is 8.42 Å². The van der Waals surface area contributed by atoms with E-state index in [9.17, 15) is 26.7 Å². The van der Waals surface area contributed by atoms with Gasteiger partial charge in [-0.15, -0.1) is 0 Å². The second-order valence-corrected chi connectivity index (χ2v) is 7.31. The molecule has 9 heteroatoms. The molecule has 0 radical (unpaired) electrons. The maximum absolute atomic E-state index is 12.8. The number of nitrogens with one attached hydrogen (secondary N) is 1. The van der Waals surface area contributed by atoms with Crippen molar-refractivity contribution >= 4 is 31.6 Å². The van der Waals surface area contributed by atoms with E-state index in [1.54, 1.807) is 19.1 Å². The van der Waals surface area contributed by atoms with Crippen LogP contribution in [0.25, 0.3) is 0 Å². The average molecular weight is 410 g/mol. The third-order valence-corrected chi connectivity index (χ3v) is 4.95. The van der Waals surface area contributed by atoms with Crippen LogP contribution in [0, 0.1) is 6.92 Å². The summed E-state index contributed by atoms with van der Waals surface area (Å²) in [4.78, 5) is -0.129. The Labute approximate surface area is 139 Å². The first kappa shape index (κ1) is 17.6. The molecule has 0 saturated carbocycles. The Morgan fingerprint density at radius 1 is 1.13 bits per heavy atom. The van der Waals surface area contributed by atoms with Crippen LogP contribution < -0.4 is 4.72 Å². The van der Waals surface area contributed by atoms with Gasteiger partial charge in [0.1, 0.15) is 0 Å². The number of aromatic hydroxyl groups is 1. The van der Waals surface area contributed by atoms with Crippen LogP contribution >= 0.6 is 15.9 Å². The first-order valence-electron chi connectivity index (χ1n) is 6.20. The van der Waals surface area contributed by atoms with E-state index >= 15 is 0 Å². The fourth-order valence-electron chi connectivity index (χ4n) is 1.76. The minimum absolute atomic E-state index is 0.129. The summed E-state index contributed by atoms with van der Waals surface area (Å²) in [5.41, 5.74) is -0.829. The van der Waals surface area contributed by atoms with Crippen molar-refractivity contribution < 1.29 is 26.7 Å². The number of alkyl halides is 3. The van der Waals surface area contributed by atoms with Gasteiger partial charge < -0.3 is 5.11 Å². The maximum atomic E-state index is 12.8. The average Bonchev–Trinajstić information content (AvgIpc) is 2.42. The molecule has 0 bridgehead atoms. The van der Waals surface area contributed by atoms with Crippen LogP contribution in [0.15, 0.2) is 45.8 Å². The molecule has 0 aliphatic heterocycles. The van der Waals surface area contributed by atoms with Gasteiger partial charge in [-0.1, -0.05) is 17.7 Å². The second-order valence-electron chi connectivity index (χ2n) is 4.77. The van der Waals surface area contributed by atoms with Gasteiger partial charge in [0, 0.05) is 0 Å². The van der Waals surface area contributed by atoms with Crippen LogP contribution in [-0.2, 0) is 16.2 Å². The van der Waals surface area contributed by atoms with Crippen molar-refractivity contribution in [3.63, 3.8) is 0 Å². The number of phenols is 1. The van der Waals surface area contributed by atoms with Crippen LogP contribution in [0.5, 0.6) is 5.75 Å². The van der Waals surface area contributed by atoms with E-state index in [0.717, 1.165) is 5.56 Å². The lowest BCUT2D eigenvalue weighted by atomic mass is 10.2. The summed E-state index contributed by atoms with van der Waals surface area (Å²) in [7, 11) is -4.13. The van der Waals surface area contributed by atoms with Crippen molar-refractivity contribution in [3.05, 3.63) is 52.0 Å². The molecule has 4 nitrogen and oxygen atoms in total. The number of rotatable bonds is 3. The number of sulfonamides is 1. The Hall–Kier alpha value is -1.74. The zero-order valence-corrected chi connectivity index (χ0v) is 14.1. The van der Waals surface area contributed by atoms with Crippen molar-refractivity contribution in [1.29, 1.82) is 0 Å². The maximum Gasteiger partial charge on any atom is 0.416 e. The molecule has 0 heterocycles. The molecule has 0 aliphatic carbocycles. The lowest BCUT2D eigenvalue weighted by Crippen LogP contribution is -2.14. The molecule has 0 spiro atoms. The highest BCUT2D eigenvalue weighted by Gasteiger charge is 2.32. The van der Waals surface area contributed by atoms with E-state index in [1.165, 1.54) is 12.1 Å². The van der Waals surface area contributed by atoms with Gasteiger partial charge in [0.15, 0.2) is 5.75 Å². The lowest BCUT2D eigenvalue weighted by Gasteiger charge is -2.14. The standard InChI is InChI=1S/C14H11BrF3NO3S/c1-8-2-4-10(5-3-8)23(21,22)19-12-7-9(14(16,17)18)6-11(15)13(12)20/h2-7,19-20H,1H3. The van der Waals surface area contributed by atoms with Crippen LogP contribution in [-0.4, -0.2) is 13.5 Å². The lowest BCUT2D eigenvalue weighted by molar-refractivity contribution is -0.137. The third-order valence-electron chi connectivity index (χ3n) is 2.97. The summed E-state index contributed by atoms with van der Waals surface area (Å²) in [6, 6.07) is 6.94. The predicted molar refractivity (Wildman–Crippen MR) is 82.8 cm³/mol. The van der Waals surface area contributed by atoms with Crippen LogP contribution in [0.2, 0.25) is 0 Å². The highest BCUT2D eigenvalue weighted by Crippen LogP contribution is 2.40. The van der Waals surface area contributed by atoms with Gasteiger partial charge in [0.05, 0.1) is 20.6 Å². The summed E-state index contributed by atoms with van der Waals surface area (Å²) in [5, 5.41) is 9.80. The molecule has 0 saturated heterocycles. The number of hydrogen-bond acceptors (Lipinski definition) is 3. The number of anilines is 1. The first-order valence-corrected chi connectivity index (χ1v) is 8.47. The van der Waals surface area contributed by atoms with Crippen molar-refractivity contribution in [3.8, 4) is 5.75 Å². The zero-order chi connectivity index (χ0) is 17.4. The van der Waals surface area contributed by atoms with Crippen molar-refractivity contribution in [1.82, 2.24) is 0 Å². The van der Waals surface area contributed by atoms with Crippen molar-refractivity contribution in [2.45, 2.75) is 18.0 Å². The molecule has 0 amide bonds. The van der Waals surface area contributed by atoms with Gasteiger partial charge in [-0.2, -0.15) is 13.2 Å². The van der Waals surface area contributed by atoms with Gasteiger partial charge in [-0.3, -0.25) is 4.72 Å². The quantitative estimate of drug-likeness (QED) is 0.743. The van der Waals surface area contributed by atoms with Gasteiger partial charge in [0.25, 0.3) is 10.0 Å². The first-order chi connectivity index (χ1) is 10.5. The Morgan fingerprint density at radius 2 is 1.70 bits per heavy atom. The fourth-order valence-corrected chi connectivity index (χ4v) is 3.28. The van der Waals surface area contributed by atoms with Gasteiger partial charge in [-0.05, 0) is 47.1 Å². The summed E-state index contributed by atoms with van der Waals surface area (Å²) < 4.78 is 64.5. The molecule has 0 fully saturated rings. The molecule has 2 aromatic rings. The smallest absolute Gasteiger partial charge is 0.416 e. The van der Waals surface area contributed by atoms with Gasteiger partial charge in [0.2, 0.25) is 0 Å². The van der Waals surface area contributed by atoms with Crippen LogP contribution in [0.4, 0.5) is 18.9 Å². The SMILES string of the molecule is Cc1ccc(S(=O)(=O)Nc2cc(C(F)(F)F)cc(Br)c2O)cc1. The largest absolute Gasteiger partial charge is 0.505 e.